The molecule has 3 amide bonds. The van der Waals surface area contributed by atoms with Crippen LogP contribution < -0.4 is 27.5 Å². The number of aromatic amines is 2. The molecule has 1 saturated heterocycles. The normalized spacial score (nSPS) is 16.1. The fourth-order valence-corrected chi connectivity index (χ4v) is 5.06. The van der Waals surface area contributed by atoms with Crippen molar-refractivity contribution in [3.8, 4) is 22.8 Å². The summed E-state index contributed by atoms with van der Waals surface area (Å²) >= 11 is 0. The van der Waals surface area contributed by atoms with Gasteiger partial charge in [0.15, 0.2) is 23.0 Å². The zero-order valence-electron chi connectivity index (χ0n) is 24.5. The largest absolute Gasteiger partial charge is 0.480 e. The van der Waals surface area contributed by atoms with Crippen LogP contribution in [-0.4, -0.2) is 98.0 Å². The summed E-state index contributed by atoms with van der Waals surface area (Å²) in [6.45, 7) is -0.910. The SMILES string of the molecule is O=C(O)CN1CCNC(CCCNC(=O)c2ccc(-c3noc(=O)[nH]3)cc2)(C(=O)CNC(=O)c2ccc(-c3noc(=O)[nH]3)cc2)C1=O. The Kier molecular flexibility index (Phi) is 9.50. The molecule has 3 heterocycles. The maximum atomic E-state index is 13.6. The number of Topliss-reactive ketones (excluding diaryl/α,β-unsaturated/α-hetero) is 1. The lowest BCUT2D eigenvalue weighted by atomic mass is 9.84. The first kappa shape index (κ1) is 32.2. The van der Waals surface area contributed by atoms with E-state index < -0.39 is 59.6 Å². The summed E-state index contributed by atoms with van der Waals surface area (Å²) < 4.78 is 8.95. The number of hydrogen-bond donors (Lipinski definition) is 6. The summed E-state index contributed by atoms with van der Waals surface area (Å²) in [6.07, 6.45) is 0.0505. The van der Waals surface area contributed by atoms with E-state index in [1.807, 2.05) is 0 Å². The molecule has 47 heavy (non-hydrogen) atoms. The Bertz CT molecular complexity index is 1910. The minimum absolute atomic E-state index is 0.0601. The minimum Gasteiger partial charge on any atom is -0.480 e. The fraction of sp³-hybridized carbons (Fsp3) is 0.276. The quantitative estimate of drug-likeness (QED) is 0.0762. The van der Waals surface area contributed by atoms with Gasteiger partial charge in [-0.15, -0.1) is 0 Å². The van der Waals surface area contributed by atoms with Crippen LogP contribution in [0.1, 0.15) is 33.6 Å². The number of carbonyl (C=O) groups is 5. The topological polar surface area (TPSA) is 263 Å². The van der Waals surface area contributed by atoms with E-state index in [2.05, 4.69) is 45.3 Å². The van der Waals surface area contributed by atoms with Gasteiger partial charge in [0.2, 0.25) is 0 Å². The van der Waals surface area contributed by atoms with E-state index in [1.54, 1.807) is 12.1 Å². The summed E-state index contributed by atoms with van der Waals surface area (Å²) in [5.41, 5.74) is -0.359. The Morgan fingerprint density at radius 3 is 1.85 bits per heavy atom. The summed E-state index contributed by atoms with van der Waals surface area (Å²) in [5, 5.41) is 24.6. The van der Waals surface area contributed by atoms with Gasteiger partial charge in [-0.05, 0) is 37.1 Å². The van der Waals surface area contributed by atoms with Crippen LogP contribution in [0.15, 0.2) is 67.2 Å². The first-order valence-corrected chi connectivity index (χ1v) is 14.2. The predicted octanol–water partition coefficient (Wildman–Crippen LogP) is -0.862. The second-order valence-corrected chi connectivity index (χ2v) is 10.5. The molecule has 0 bridgehead atoms. The van der Waals surface area contributed by atoms with Gasteiger partial charge in [-0.3, -0.25) is 48.3 Å². The van der Waals surface area contributed by atoms with E-state index >= 15 is 0 Å². The van der Waals surface area contributed by atoms with E-state index in [1.165, 1.54) is 36.4 Å². The zero-order valence-corrected chi connectivity index (χ0v) is 24.5. The molecule has 2 aromatic heterocycles. The van der Waals surface area contributed by atoms with Crippen molar-refractivity contribution in [2.75, 3.05) is 32.7 Å². The van der Waals surface area contributed by atoms with Gasteiger partial charge < -0.3 is 20.6 Å². The van der Waals surface area contributed by atoms with Crippen LogP contribution in [0.5, 0.6) is 0 Å². The van der Waals surface area contributed by atoms with Crippen LogP contribution in [0, 0.1) is 0 Å². The van der Waals surface area contributed by atoms with Gasteiger partial charge in [0, 0.05) is 41.9 Å². The van der Waals surface area contributed by atoms with Crippen molar-refractivity contribution in [3.05, 3.63) is 80.8 Å². The number of carboxylic acid groups (broad SMARTS) is 1. The van der Waals surface area contributed by atoms with E-state index in [4.69, 9.17) is 0 Å². The number of piperazine rings is 1. The maximum absolute atomic E-state index is 13.6. The molecule has 0 saturated carbocycles. The third kappa shape index (κ3) is 7.39. The highest BCUT2D eigenvalue weighted by molar-refractivity contribution is 6.13. The number of aromatic nitrogens is 4. The third-order valence-corrected chi connectivity index (χ3v) is 7.41. The number of aliphatic carboxylic acids is 1. The number of H-pyrrole nitrogens is 2. The molecule has 1 atom stereocenters. The number of benzene rings is 2. The second kappa shape index (κ2) is 13.9. The maximum Gasteiger partial charge on any atom is 0.439 e. The van der Waals surface area contributed by atoms with E-state index in [9.17, 15) is 38.7 Å². The van der Waals surface area contributed by atoms with Gasteiger partial charge >= 0.3 is 17.5 Å². The van der Waals surface area contributed by atoms with Crippen LogP contribution >= 0.6 is 0 Å². The lowest BCUT2D eigenvalue weighted by Gasteiger charge is -2.41. The highest BCUT2D eigenvalue weighted by Crippen LogP contribution is 2.22. The van der Waals surface area contributed by atoms with Crippen molar-refractivity contribution in [2.24, 2.45) is 0 Å². The molecule has 2 aromatic carbocycles. The molecule has 6 N–H and O–H groups in total. The van der Waals surface area contributed by atoms with Crippen LogP contribution in [0.25, 0.3) is 22.8 Å². The number of nitrogens with zero attached hydrogens (tertiary/aromatic N) is 3. The van der Waals surface area contributed by atoms with Gasteiger partial charge in [-0.1, -0.05) is 34.6 Å². The minimum atomic E-state index is -1.84. The Morgan fingerprint density at radius 2 is 1.36 bits per heavy atom. The number of ketones is 1. The highest BCUT2D eigenvalue weighted by atomic mass is 16.5. The predicted molar refractivity (Wildman–Crippen MR) is 159 cm³/mol. The van der Waals surface area contributed by atoms with E-state index in [0.29, 0.717) is 16.7 Å². The van der Waals surface area contributed by atoms with Crippen molar-refractivity contribution in [1.82, 2.24) is 41.1 Å². The van der Waals surface area contributed by atoms with Gasteiger partial charge in [0.1, 0.15) is 6.54 Å². The Balaban J connectivity index is 1.21. The highest BCUT2D eigenvalue weighted by Gasteiger charge is 2.49. The Hall–Kier alpha value is -6.17. The molecule has 1 aliphatic heterocycles. The van der Waals surface area contributed by atoms with Crippen molar-refractivity contribution in [2.45, 2.75) is 18.4 Å². The smallest absolute Gasteiger partial charge is 0.439 e. The molecule has 18 nitrogen and oxygen atoms in total. The Morgan fingerprint density at radius 1 is 0.830 bits per heavy atom. The average Bonchev–Trinajstić information content (AvgIpc) is 3.71. The van der Waals surface area contributed by atoms with Gasteiger partial charge in [0.05, 0.1) is 6.54 Å². The summed E-state index contributed by atoms with van der Waals surface area (Å²) in [4.78, 5) is 92.3. The van der Waals surface area contributed by atoms with E-state index in [0.717, 1.165) is 4.90 Å². The molecule has 4 aromatic rings. The lowest BCUT2D eigenvalue weighted by Crippen LogP contribution is -2.70. The first-order valence-electron chi connectivity index (χ1n) is 14.2. The summed E-state index contributed by atoms with van der Waals surface area (Å²) in [7, 11) is 0. The molecule has 0 spiro atoms. The van der Waals surface area contributed by atoms with Crippen molar-refractivity contribution >= 4 is 29.5 Å². The molecule has 1 unspecified atom stereocenters. The van der Waals surface area contributed by atoms with Crippen molar-refractivity contribution in [3.63, 3.8) is 0 Å². The molecule has 244 valence electrons. The lowest BCUT2D eigenvalue weighted by molar-refractivity contribution is -0.153. The van der Waals surface area contributed by atoms with Crippen molar-refractivity contribution in [1.29, 1.82) is 0 Å². The zero-order chi connectivity index (χ0) is 33.6. The third-order valence-electron chi connectivity index (χ3n) is 7.41. The molecule has 1 aliphatic rings. The number of carbonyl (C=O) groups excluding carboxylic acids is 4. The molecule has 1 fully saturated rings. The first-order chi connectivity index (χ1) is 22.6. The van der Waals surface area contributed by atoms with Crippen molar-refractivity contribution < 1.29 is 38.1 Å². The number of nitrogens with one attached hydrogen (secondary N) is 5. The van der Waals surface area contributed by atoms with Crippen LogP contribution in [0.2, 0.25) is 0 Å². The number of rotatable bonds is 13. The van der Waals surface area contributed by atoms with Gasteiger partial charge in [0.25, 0.3) is 17.7 Å². The Labute approximate surface area is 263 Å². The number of carboxylic acids is 1. The van der Waals surface area contributed by atoms with Gasteiger partial charge in [-0.25, -0.2) is 9.59 Å². The standard InChI is InChI=1S/C29H28N8O10/c38-20(14-31-25(42)19-8-4-17(5-9-19)23-34-28(45)47-36-23)29(26(43)37(13-12-32-29)15-21(39)40)10-1-11-30-24(41)18-6-2-16(3-7-18)22-33-27(44)46-35-22/h2-9,32H,1,10-15H2,(H,30,41)(H,31,42)(H,39,40)(H,33,35,44)(H,34,36,45). The van der Waals surface area contributed by atoms with Crippen LogP contribution in [0.3, 0.4) is 0 Å². The summed E-state index contributed by atoms with van der Waals surface area (Å²) in [5.74, 6) is -4.81. The van der Waals surface area contributed by atoms with E-state index in [-0.39, 0.29) is 49.7 Å². The van der Waals surface area contributed by atoms with Crippen LogP contribution in [0.4, 0.5) is 0 Å². The molecule has 18 heteroatoms. The molecular formula is C29H28N8O10. The van der Waals surface area contributed by atoms with Crippen LogP contribution in [-0.2, 0) is 14.4 Å². The summed E-state index contributed by atoms with van der Waals surface area (Å²) in [6, 6.07) is 12.1. The number of hydrogen-bond acceptors (Lipinski definition) is 12. The monoisotopic (exact) mass is 648 g/mol. The number of amides is 3. The molecular weight excluding hydrogens is 620 g/mol. The molecule has 0 radical (unpaired) electrons. The molecule has 0 aliphatic carbocycles. The second-order valence-electron chi connectivity index (χ2n) is 10.5. The molecule has 5 rings (SSSR count). The van der Waals surface area contributed by atoms with Gasteiger partial charge in [-0.2, -0.15) is 0 Å². The average molecular weight is 649 g/mol. The fourth-order valence-electron chi connectivity index (χ4n) is 5.06.